The van der Waals surface area contributed by atoms with Gasteiger partial charge in [-0.1, -0.05) is 5.21 Å². The van der Waals surface area contributed by atoms with Crippen LogP contribution in [-0.2, 0) is 16.6 Å². The number of aryl methyl sites for hydroxylation is 1. The minimum Gasteiger partial charge on any atom is -0.206 e. The molecule has 2 rings (SSSR count). The fraction of sp³-hybridized carbons (Fsp3) is 0.286. The number of aromatic nitrogens is 4. The molecule has 2 aromatic heterocycles. The van der Waals surface area contributed by atoms with Crippen molar-refractivity contribution in [1.82, 2.24) is 25.3 Å². The zero-order valence-corrected chi connectivity index (χ0v) is 9.97. The van der Waals surface area contributed by atoms with Gasteiger partial charge in [0.25, 0.3) is 0 Å². The number of tetrazole rings is 1. The van der Waals surface area contributed by atoms with Crippen molar-refractivity contribution in [2.24, 2.45) is 0 Å². The van der Waals surface area contributed by atoms with Crippen molar-refractivity contribution in [1.29, 1.82) is 0 Å². The van der Waals surface area contributed by atoms with E-state index in [1.165, 1.54) is 11.3 Å². The smallest absolute Gasteiger partial charge is 0.206 e. The van der Waals surface area contributed by atoms with Crippen LogP contribution in [0.1, 0.15) is 10.7 Å². The Morgan fingerprint density at radius 2 is 2.31 bits per heavy atom. The van der Waals surface area contributed by atoms with Crippen LogP contribution in [0.2, 0.25) is 0 Å². The number of thiophene rings is 1. The molecule has 2 N–H and O–H groups in total. The van der Waals surface area contributed by atoms with Gasteiger partial charge < -0.3 is 0 Å². The molecule has 0 radical (unpaired) electrons. The van der Waals surface area contributed by atoms with E-state index in [1.54, 1.807) is 12.1 Å². The predicted molar refractivity (Wildman–Crippen MR) is 57.3 cm³/mol. The summed E-state index contributed by atoms with van der Waals surface area (Å²) in [5.41, 5.74) is 0. The molecule has 0 saturated carbocycles. The molecule has 0 saturated heterocycles. The minimum atomic E-state index is -3.47. The number of hydrogen-bond acceptors (Lipinski definition) is 6. The molecule has 0 fully saturated rings. The van der Waals surface area contributed by atoms with Crippen molar-refractivity contribution >= 4 is 21.4 Å². The van der Waals surface area contributed by atoms with E-state index >= 15 is 0 Å². The van der Waals surface area contributed by atoms with Crippen LogP contribution in [0.4, 0.5) is 0 Å². The lowest BCUT2D eigenvalue weighted by Gasteiger charge is -2.00. The third-order valence-corrected chi connectivity index (χ3v) is 4.68. The van der Waals surface area contributed by atoms with Gasteiger partial charge in [0.1, 0.15) is 4.21 Å². The van der Waals surface area contributed by atoms with E-state index in [-0.39, 0.29) is 10.8 Å². The SMILES string of the molecule is Cc1ccc(S(=O)(=O)NCc2nn[nH]n2)s1. The molecule has 0 aliphatic rings. The number of nitrogens with zero attached hydrogens (tertiary/aromatic N) is 3. The average Bonchev–Trinajstić information content (AvgIpc) is 2.85. The lowest BCUT2D eigenvalue weighted by Crippen LogP contribution is -2.23. The fourth-order valence-corrected chi connectivity index (χ4v) is 3.35. The second-order valence-electron chi connectivity index (χ2n) is 3.02. The third-order valence-electron chi connectivity index (χ3n) is 1.79. The van der Waals surface area contributed by atoms with E-state index in [9.17, 15) is 8.42 Å². The molecule has 86 valence electrons. The van der Waals surface area contributed by atoms with Crippen LogP contribution in [0.25, 0.3) is 0 Å². The van der Waals surface area contributed by atoms with Crippen LogP contribution in [0.3, 0.4) is 0 Å². The highest BCUT2D eigenvalue weighted by Gasteiger charge is 2.16. The summed E-state index contributed by atoms with van der Waals surface area (Å²) in [6, 6.07) is 3.33. The van der Waals surface area contributed by atoms with Gasteiger partial charge in [0.2, 0.25) is 10.0 Å². The number of rotatable bonds is 4. The molecule has 9 heteroatoms. The van der Waals surface area contributed by atoms with Crippen LogP contribution < -0.4 is 4.72 Å². The lowest BCUT2D eigenvalue weighted by atomic mass is 10.5. The number of hydrogen-bond donors (Lipinski definition) is 2. The largest absolute Gasteiger partial charge is 0.250 e. The lowest BCUT2D eigenvalue weighted by molar-refractivity contribution is 0.581. The maximum absolute atomic E-state index is 11.8. The zero-order valence-electron chi connectivity index (χ0n) is 8.34. The number of nitrogens with one attached hydrogen (secondary N) is 2. The standard InChI is InChI=1S/C7H9N5O2S2/c1-5-2-3-7(15-5)16(13,14)8-4-6-9-11-12-10-6/h2-3,8H,4H2,1H3,(H,9,10,11,12). The Bertz CT molecular complexity index is 559. The summed E-state index contributed by atoms with van der Waals surface area (Å²) in [7, 11) is -3.47. The van der Waals surface area contributed by atoms with Gasteiger partial charge in [-0.2, -0.15) is 5.21 Å². The van der Waals surface area contributed by atoms with Crippen molar-refractivity contribution in [3.05, 3.63) is 22.8 Å². The molecule has 2 aromatic rings. The average molecular weight is 259 g/mol. The van der Waals surface area contributed by atoms with Crippen molar-refractivity contribution in [2.45, 2.75) is 17.7 Å². The van der Waals surface area contributed by atoms with Crippen LogP contribution >= 0.6 is 11.3 Å². The molecule has 7 nitrogen and oxygen atoms in total. The van der Waals surface area contributed by atoms with Gasteiger partial charge in [-0.3, -0.25) is 0 Å². The highest BCUT2D eigenvalue weighted by Crippen LogP contribution is 2.20. The van der Waals surface area contributed by atoms with E-state index in [2.05, 4.69) is 25.3 Å². The molecule has 0 aliphatic carbocycles. The number of sulfonamides is 1. The molecule has 0 aromatic carbocycles. The Morgan fingerprint density at radius 1 is 1.50 bits per heavy atom. The summed E-state index contributed by atoms with van der Waals surface area (Å²) < 4.78 is 26.2. The van der Waals surface area contributed by atoms with Crippen LogP contribution in [0, 0.1) is 6.92 Å². The van der Waals surface area contributed by atoms with E-state index in [4.69, 9.17) is 0 Å². The highest BCUT2D eigenvalue weighted by atomic mass is 32.2. The first kappa shape index (κ1) is 11.2. The van der Waals surface area contributed by atoms with Gasteiger partial charge in [-0.05, 0) is 19.1 Å². The van der Waals surface area contributed by atoms with E-state index in [0.29, 0.717) is 5.82 Å². The quantitative estimate of drug-likeness (QED) is 0.808. The Hall–Kier alpha value is -1.32. The van der Waals surface area contributed by atoms with Crippen LogP contribution in [0.15, 0.2) is 16.3 Å². The maximum atomic E-state index is 11.8. The van der Waals surface area contributed by atoms with E-state index in [0.717, 1.165) is 4.88 Å². The summed E-state index contributed by atoms with van der Waals surface area (Å²) in [5, 5.41) is 12.9. The number of aromatic amines is 1. The first-order valence-electron chi connectivity index (χ1n) is 4.36. The Labute approximate surface area is 95.9 Å². The van der Waals surface area contributed by atoms with Crippen molar-refractivity contribution in [3.63, 3.8) is 0 Å². The van der Waals surface area contributed by atoms with E-state index in [1.807, 2.05) is 6.92 Å². The van der Waals surface area contributed by atoms with Gasteiger partial charge in [0.15, 0.2) is 5.82 Å². The molecular formula is C7H9N5O2S2. The molecule has 0 unspecified atom stereocenters. The molecule has 16 heavy (non-hydrogen) atoms. The summed E-state index contributed by atoms with van der Waals surface area (Å²) in [6.45, 7) is 1.87. The molecule has 2 heterocycles. The highest BCUT2D eigenvalue weighted by molar-refractivity contribution is 7.91. The number of H-pyrrole nitrogens is 1. The summed E-state index contributed by atoms with van der Waals surface area (Å²) >= 11 is 1.22. The summed E-state index contributed by atoms with van der Waals surface area (Å²) in [6.07, 6.45) is 0. The Kier molecular flexibility index (Phi) is 2.99. The van der Waals surface area contributed by atoms with Crippen LogP contribution in [-0.4, -0.2) is 29.0 Å². The minimum absolute atomic E-state index is 0.0236. The second-order valence-corrected chi connectivity index (χ2v) is 6.30. The summed E-state index contributed by atoms with van der Waals surface area (Å²) in [5.74, 6) is 0.303. The Morgan fingerprint density at radius 3 is 2.88 bits per heavy atom. The normalized spacial score (nSPS) is 11.8. The first-order chi connectivity index (χ1) is 7.58. The molecule has 0 amide bonds. The Balaban J connectivity index is 2.09. The third kappa shape index (κ3) is 2.43. The van der Waals surface area contributed by atoms with Gasteiger partial charge in [0.05, 0.1) is 6.54 Å². The van der Waals surface area contributed by atoms with E-state index < -0.39 is 10.0 Å². The molecule has 0 bridgehead atoms. The van der Waals surface area contributed by atoms with Gasteiger partial charge in [-0.25, -0.2) is 13.1 Å². The van der Waals surface area contributed by atoms with Crippen molar-refractivity contribution in [3.8, 4) is 0 Å². The molecular weight excluding hydrogens is 250 g/mol. The van der Waals surface area contributed by atoms with Gasteiger partial charge in [0, 0.05) is 4.88 Å². The maximum Gasteiger partial charge on any atom is 0.250 e. The van der Waals surface area contributed by atoms with Gasteiger partial charge in [-0.15, -0.1) is 21.5 Å². The predicted octanol–water partition coefficient (Wildman–Crippen LogP) is 0.0481. The monoisotopic (exact) mass is 259 g/mol. The van der Waals surface area contributed by atoms with Crippen molar-refractivity contribution in [2.75, 3.05) is 0 Å². The summed E-state index contributed by atoms with van der Waals surface area (Å²) in [4.78, 5) is 0.944. The fourth-order valence-electron chi connectivity index (χ4n) is 1.04. The first-order valence-corrected chi connectivity index (χ1v) is 6.66. The van der Waals surface area contributed by atoms with Crippen LogP contribution in [0.5, 0.6) is 0 Å². The molecule has 0 aliphatic heterocycles. The molecule has 0 atom stereocenters. The topological polar surface area (TPSA) is 101 Å². The molecule has 0 spiro atoms. The zero-order chi connectivity index (χ0) is 11.6. The van der Waals surface area contributed by atoms with Crippen molar-refractivity contribution < 1.29 is 8.42 Å². The van der Waals surface area contributed by atoms with Gasteiger partial charge >= 0.3 is 0 Å². The second kappa shape index (κ2) is 4.28.